The van der Waals surface area contributed by atoms with Crippen LogP contribution in [0.2, 0.25) is 0 Å². The van der Waals surface area contributed by atoms with Crippen molar-refractivity contribution in [2.75, 3.05) is 13.2 Å². The fraction of sp³-hybridized carbons (Fsp3) is 0.176. The van der Waals surface area contributed by atoms with E-state index in [9.17, 15) is 14.4 Å². The average Bonchev–Trinajstić information content (AvgIpc) is 2.63. The summed E-state index contributed by atoms with van der Waals surface area (Å²) >= 11 is 4.88. The lowest BCUT2D eigenvalue weighted by Crippen LogP contribution is -2.48. The molecule has 1 rings (SSSR count). The third kappa shape index (κ3) is 7.58. The number of nitrogens with one attached hydrogen (secondary N) is 3. The summed E-state index contributed by atoms with van der Waals surface area (Å²) < 4.78 is 10.0. The van der Waals surface area contributed by atoms with Crippen LogP contribution in [0.25, 0.3) is 0 Å². The summed E-state index contributed by atoms with van der Waals surface area (Å²) in [6.07, 6.45) is 3.49. The minimum absolute atomic E-state index is 0.152. The first-order chi connectivity index (χ1) is 12.5. The molecule has 0 heterocycles. The summed E-state index contributed by atoms with van der Waals surface area (Å²) in [5.74, 6) is -1.44. The van der Waals surface area contributed by atoms with Gasteiger partial charge < -0.3 is 9.47 Å². The molecule has 0 spiro atoms. The number of ether oxygens (including phenoxy) is 2. The van der Waals surface area contributed by atoms with E-state index < -0.39 is 17.8 Å². The molecule has 9 heteroatoms. The van der Waals surface area contributed by atoms with Crippen LogP contribution in [0.1, 0.15) is 17.3 Å². The predicted molar refractivity (Wildman–Crippen MR) is 99.2 cm³/mol. The van der Waals surface area contributed by atoms with Crippen molar-refractivity contribution < 1.29 is 23.9 Å². The van der Waals surface area contributed by atoms with Crippen molar-refractivity contribution in [1.29, 1.82) is 0 Å². The standard InChI is InChI=1S/C17H19N3O5S/c1-3-11-25-13-8-6-5-7-12(13)16(23)19-20-17(26)18-14(21)9-10-15(22)24-4-2/h3,5-10H,1,4,11H2,2H3,(H,19,23)(H2,18,20,21,26). The molecule has 0 unspecified atom stereocenters. The van der Waals surface area contributed by atoms with Gasteiger partial charge in [-0.25, -0.2) is 4.79 Å². The molecule has 0 aliphatic carbocycles. The van der Waals surface area contributed by atoms with Gasteiger partial charge in [-0.1, -0.05) is 24.8 Å². The van der Waals surface area contributed by atoms with E-state index in [2.05, 4.69) is 27.5 Å². The second-order valence-corrected chi connectivity index (χ2v) is 4.99. The maximum absolute atomic E-state index is 12.2. The highest BCUT2D eigenvalue weighted by molar-refractivity contribution is 7.80. The highest BCUT2D eigenvalue weighted by Crippen LogP contribution is 2.17. The Balaban J connectivity index is 2.52. The minimum atomic E-state index is -0.653. The van der Waals surface area contributed by atoms with Gasteiger partial charge >= 0.3 is 5.97 Å². The van der Waals surface area contributed by atoms with Crippen molar-refractivity contribution in [3.8, 4) is 5.75 Å². The van der Waals surface area contributed by atoms with Crippen molar-refractivity contribution >= 4 is 35.1 Å². The van der Waals surface area contributed by atoms with Gasteiger partial charge in [0.2, 0.25) is 5.91 Å². The number of hydrazine groups is 1. The molecule has 0 saturated carbocycles. The molecular formula is C17H19N3O5S. The molecule has 8 nitrogen and oxygen atoms in total. The lowest BCUT2D eigenvalue weighted by atomic mass is 10.2. The van der Waals surface area contributed by atoms with Crippen LogP contribution in [-0.4, -0.2) is 36.1 Å². The molecule has 0 saturated heterocycles. The molecule has 3 N–H and O–H groups in total. The number of carbonyl (C=O) groups is 3. The van der Waals surface area contributed by atoms with Crippen LogP contribution in [0.4, 0.5) is 0 Å². The molecule has 0 aromatic heterocycles. The number of rotatable bonds is 7. The van der Waals surface area contributed by atoms with E-state index in [4.69, 9.17) is 17.0 Å². The quantitative estimate of drug-likeness (QED) is 0.214. The SMILES string of the molecule is C=CCOc1ccccc1C(=O)NNC(=S)NC(=O)C=CC(=O)OCC. The van der Waals surface area contributed by atoms with E-state index in [1.165, 1.54) is 0 Å². The highest BCUT2D eigenvalue weighted by atomic mass is 32.1. The van der Waals surface area contributed by atoms with Gasteiger partial charge in [-0.05, 0) is 31.3 Å². The van der Waals surface area contributed by atoms with E-state index in [-0.39, 0.29) is 23.9 Å². The minimum Gasteiger partial charge on any atom is -0.489 e. The monoisotopic (exact) mass is 377 g/mol. The fourth-order valence-corrected chi connectivity index (χ4v) is 1.78. The maximum atomic E-state index is 12.2. The first-order valence-electron chi connectivity index (χ1n) is 7.56. The molecule has 2 amide bonds. The van der Waals surface area contributed by atoms with E-state index >= 15 is 0 Å². The smallest absolute Gasteiger partial charge is 0.330 e. The van der Waals surface area contributed by atoms with Crippen LogP contribution in [0.3, 0.4) is 0 Å². The van der Waals surface area contributed by atoms with E-state index in [1.807, 2.05) is 0 Å². The number of hydrogen-bond donors (Lipinski definition) is 3. The maximum Gasteiger partial charge on any atom is 0.330 e. The lowest BCUT2D eigenvalue weighted by Gasteiger charge is -2.12. The zero-order valence-electron chi connectivity index (χ0n) is 14.1. The van der Waals surface area contributed by atoms with Crippen LogP contribution < -0.4 is 20.9 Å². The van der Waals surface area contributed by atoms with Crippen molar-refractivity contribution in [2.45, 2.75) is 6.92 Å². The van der Waals surface area contributed by atoms with E-state index in [0.717, 1.165) is 12.2 Å². The molecular weight excluding hydrogens is 358 g/mol. The van der Waals surface area contributed by atoms with Gasteiger partial charge in [0.25, 0.3) is 5.91 Å². The zero-order valence-corrected chi connectivity index (χ0v) is 14.9. The summed E-state index contributed by atoms with van der Waals surface area (Å²) in [4.78, 5) is 34.9. The molecule has 0 bridgehead atoms. The lowest BCUT2D eigenvalue weighted by molar-refractivity contribution is -0.137. The molecule has 0 aliphatic heterocycles. The Hall–Kier alpha value is -3.20. The summed E-state index contributed by atoms with van der Waals surface area (Å²) in [5.41, 5.74) is 5.00. The third-order valence-corrected chi connectivity index (χ3v) is 2.88. The highest BCUT2D eigenvalue weighted by Gasteiger charge is 2.12. The van der Waals surface area contributed by atoms with Gasteiger partial charge in [0, 0.05) is 12.2 Å². The Kier molecular flexibility index (Phi) is 9.12. The molecule has 138 valence electrons. The number of carbonyl (C=O) groups excluding carboxylic acids is 3. The zero-order chi connectivity index (χ0) is 19.4. The molecule has 1 aromatic carbocycles. The second-order valence-electron chi connectivity index (χ2n) is 4.58. The average molecular weight is 377 g/mol. The third-order valence-electron chi connectivity index (χ3n) is 2.67. The molecule has 0 atom stereocenters. The Morgan fingerprint density at radius 3 is 2.62 bits per heavy atom. The van der Waals surface area contributed by atoms with Crippen molar-refractivity contribution in [2.24, 2.45) is 0 Å². The van der Waals surface area contributed by atoms with Crippen LogP contribution >= 0.6 is 12.2 Å². The first-order valence-corrected chi connectivity index (χ1v) is 7.97. The number of amides is 2. The van der Waals surface area contributed by atoms with Gasteiger partial charge in [0.1, 0.15) is 12.4 Å². The van der Waals surface area contributed by atoms with Gasteiger partial charge in [0.15, 0.2) is 5.11 Å². The Bertz CT molecular complexity index is 718. The molecule has 0 radical (unpaired) electrons. The summed E-state index contributed by atoms with van der Waals surface area (Å²) in [6, 6.07) is 6.61. The van der Waals surface area contributed by atoms with E-state index in [1.54, 1.807) is 37.3 Å². The largest absolute Gasteiger partial charge is 0.489 e. The summed E-state index contributed by atoms with van der Waals surface area (Å²) in [7, 11) is 0. The molecule has 26 heavy (non-hydrogen) atoms. The number of esters is 1. The Labute approximate surface area is 156 Å². The van der Waals surface area contributed by atoms with Gasteiger partial charge in [-0.3, -0.25) is 25.8 Å². The van der Waals surface area contributed by atoms with E-state index in [0.29, 0.717) is 5.75 Å². The van der Waals surface area contributed by atoms with Crippen LogP contribution in [0, 0.1) is 0 Å². The molecule has 1 aromatic rings. The molecule has 0 aliphatic rings. The second kappa shape index (κ2) is 11.4. The molecule has 0 fully saturated rings. The first kappa shape index (κ1) is 20.8. The number of thiocarbonyl (C=S) groups is 1. The van der Waals surface area contributed by atoms with Crippen LogP contribution in [0.15, 0.2) is 49.1 Å². The fourth-order valence-electron chi connectivity index (χ4n) is 1.63. The Morgan fingerprint density at radius 1 is 1.19 bits per heavy atom. The van der Waals surface area contributed by atoms with Crippen molar-refractivity contribution in [1.82, 2.24) is 16.2 Å². The predicted octanol–water partition coefficient (Wildman–Crippen LogP) is 1.01. The van der Waals surface area contributed by atoms with Gasteiger partial charge in [0.05, 0.1) is 12.2 Å². The summed E-state index contributed by atoms with van der Waals surface area (Å²) in [6.45, 7) is 5.64. The topological polar surface area (TPSA) is 106 Å². The van der Waals surface area contributed by atoms with Crippen molar-refractivity contribution in [3.63, 3.8) is 0 Å². The summed E-state index contributed by atoms with van der Waals surface area (Å²) in [5, 5.41) is 2.11. The Morgan fingerprint density at radius 2 is 1.92 bits per heavy atom. The van der Waals surface area contributed by atoms with Crippen molar-refractivity contribution in [3.05, 3.63) is 54.6 Å². The van der Waals surface area contributed by atoms with Gasteiger partial charge in [-0.15, -0.1) is 0 Å². The van der Waals surface area contributed by atoms with Gasteiger partial charge in [-0.2, -0.15) is 0 Å². The normalized spacial score (nSPS) is 9.88. The number of hydrogen-bond acceptors (Lipinski definition) is 6. The number of benzene rings is 1. The number of para-hydroxylation sites is 1. The van der Waals surface area contributed by atoms with Crippen LogP contribution in [0.5, 0.6) is 5.75 Å². The van der Waals surface area contributed by atoms with Crippen LogP contribution in [-0.2, 0) is 14.3 Å².